The van der Waals surface area contributed by atoms with Gasteiger partial charge in [-0.25, -0.2) is 18.6 Å². The Bertz CT molecular complexity index is 967. The van der Waals surface area contributed by atoms with E-state index < -0.39 is 30.0 Å². The predicted octanol–water partition coefficient (Wildman–Crippen LogP) is 4.44. The zero-order chi connectivity index (χ0) is 18.7. The summed E-state index contributed by atoms with van der Waals surface area (Å²) < 4.78 is 31.3. The molecule has 0 aliphatic heterocycles. The molecule has 0 radical (unpaired) electrons. The van der Waals surface area contributed by atoms with E-state index in [0.29, 0.717) is 11.1 Å². The maximum atomic E-state index is 13.6. The molecule has 0 saturated carbocycles. The molecular weight excluding hydrogens is 360 g/mol. The number of aromatic nitrogens is 1. The third-order valence-corrected chi connectivity index (χ3v) is 4.47. The minimum Gasteiger partial charge on any atom is -0.453 e. The van der Waals surface area contributed by atoms with Gasteiger partial charge in [0.1, 0.15) is 16.6 Å². The van der Waals surface area contributed by atoms with Crippen LogP contribution in [0.1, 0.15) is 26.4 Å². The topological polar surface area (TPSA) is 56.3 Å². The second-order valence-corrected chi connectivity index (χ2v) is 6.39. The molecule has 3 aromatic rings. The minimum absolute atomic E-state index is 0.0675. The molecule has 1 aromatic heterocycles. The summed E-state index contributed by atoms with van der Waals surface area (Å²) in [5, 5.41) is 2.17. The lowest BCUT2D eigenvalue weighted by Gasteiger charge is -2.04. The monoisotopic (exact) mass is 373 g/mol. The first-order chi connectivity index (χ1) is 12.4. The van der Waals surface area contributed by atoms with Crippen molar-refractivity contribution in [3.05, 3.63) is 76.3 Å². The Morgan fingerprint density at radius 2 is 1.85 bits per heavy atom. The molecule has 0 N–H and O–H groups in total. The van der Waals surface area contributed by atoms with Crippen molar-refractivity contribution in [2.24, 2.45) is 0 Å². The second-order valence-electron chi connectivity index (χ2n) is 5.53. The van der Waals surface area contributed by atoms with Gasteiger partial charge in [-0.3, -0.25) is 4.79 Å². The van der Waals surface area contributed by atoms with Gasteiger partial charge in [0, 0.05) is 17.0 Å². The highest BCUT2D eigenvalue weighted by molar-refractivity contribution is 7.13. The van der Waals surface area contributed by atoms with Gasteiger partial charge in [0.25, 0.3) is 0 Å². The van der Waals surface area contributed by atoms with Crippen LogP contribution in [0.3, 0.4) is 0 Å². The van der Waals surface area contributed by atoms with Crippen LogP contribution in [0.2, 0.25) is 0 Å². The maximum absolute atomic E-state index is 13.6. The van der Waals surface area contributed by atoms with Gasteiger partial charge in [-0.1, -0.05) is 29.8 Å². The first-order valence-electron chi connectivity index (χ1n) is 7.62. The van der Waals surface area contributed by atoms with Crippen LogP contribution in [0, 0.1) is 18.6 Å². The van der Waals surface area contributed by atoms with Gasteiger partial charge >= 0.3 is 5.97 Å². The molecule has 132 valence electrons. The summed E-state index contributed by atoms with van der Waals surface area (Å²) >= 11 is 1.27. The summed E-state index contributed by atoms with van der Waals surface area (Å²) in [6.07, 6.45) is 0. The van der Waals surface area contributed by atoms with Crippen LogP contribution in [-0.2, 0) is 4.74 Å². The first kappa shape index (κ1) is 17.9. The number of carbonyl (C=O) groups is 2. The first-order valence-corrected chi connectivity index (χ1v) is 8.50. The van der Waals surface area contributed by atoms with E-state index in [-0.39, 0.29) is 11.3 Å². The second kappa shape index (κ2) is 7.53. The highest BCUT2D eigenvalue weighted by Crippen LogP contribution is 2.24. The van der Waals surface area contributed by atoms with Gasteiger partial charge in [-0.05, 0) is 19.1 Å². The fourth-order valence-corrected chi connectivity index (χ4v) is 2.99. The number of hydrogen-bond acceptors (Lipinski definition) is 5. The third kappa shape index (κ3) is 4.00. The lowest BCUT2D eigenvalue weighted by atomic mass is 10.1. The fraction of sp³-hybridized carbons (Fsp3) is 0.105. The van der Waals surface area contributed by atoms with Crippen LogP contribution in [0.4, 0.5) is 8.78 Å². The van der Waals surface area contributed by atoms with Crippen molar-refractivity contribution in [1.29, 1.82) is 0 Å². The number of ether oxygens (including phenoxy) is 1. The summed E-state index contributed by atoms with van der Waals surface area (Å²) in [6.45, 7) is 1.31. The average Bonchev–Trinajstić information content (AvgIpc) is 3.10. The smallest absolute Gasteiger partial charge is 0.358 e. The molecule has 4 nitrogen and oxygen atoms in total. The highest BCUT2D eigenvalue weighted by Gasteiger charge is 2.18. The largest absolute Gasteiger partial charge is 0.453 e. The summed E-state index contributed by atoms with van der Waals surface area (Å²) in [6, 6.07) is 10.2. The maximum Gasteiger partial charge on any atom is 0.358 e. The van der Waals surface area contributed by atoms with E-state index in [2.05, 4.69) is 4.98 Å². The number of ketones is 1. The van der Waals surface area contributed by atoms with E-state index in [1.165, 1.54) is 16.7 Å². The molecule has 0 saturated heterocycles. The summed E-state index contributed by atoms with van der Waals surface area (Å²) in [4.78, 5) is 28.1. The molecule has 0 aliphatic rings. The van der Waals surface area contributed by atoms with Gasteiger partial charge in [-0.2, -0.15) is 0 Å². The third-order valence-electron chi connectivity index (χ3n) is 3.58. The van der Waals surface area contributed by atoms with Crippen LogP contribution in [-0.4, -0.2) is 23.3 Å². The molecule has 0 bridgehead atoms. The Kier molecular flexibility index (Phi) is 5.18. The van der Waals surface area contributed by atoms with Crippen molar-refractivity contribution < 1.29 is 23.1 Å². The number of nitrogens with zero attached hydrogens (tertiary/aromatic N) is 1. The summed E-state index contributed by atoms with van der Waals surface area (Å²) in [5.74, 6) is -3.33. The average molecular weight is 373 g/mol. The number of esters is 1. The zero-order valence-corrected chi connectivity index (χ0v) is 14.5. The van der Waals surface area contributed by atoms with Gasteiger partial charge in [0.05, 0.1) is 5.56 Å². The number of aryl methyl sites for hydroxylation is 1. The van der Waals surface area contributed by atoms with E-state index in [4.69, 9.17) is 4.74 Å². The Hall–Kier alpha value is -2.93. The minimum atomic E-state index is -0.999. The molecular formula is C19H13F2NO3S. The molecule has 0 fully saturated rings. The molecule has 0 unspecified atom stereocenters. The van der Waals surface area contributed by atoms with Gasteiger partial charge in [0.15, 0.2) is 12.3 Å². The quantitative estimate of drug-likeness (QED) is 0.490. The summed E-state index contributed by atoms with van der Waals surface area (Å²) in [7, 11) is 0. The van der Waals surface area contributed by atoms with Crippen molar-refractivity contribution >= 4 is 23.1 Å². The van der Waals surface area contributed by atoms with E-state index in [1.807, 2.05) is 31.2 Å². The highest BCUT2D eigenvalue weighted by atomic mass is 32.1. The SMILES string of the molecule is Cc1ccc(-c2nc(C(=O)OCC(=O)c3ccc(F)cc3F)cs2)cc1. The van der Waals surface area contributed by atoms with Crippen molar-refractivity contribution in [2.75, 3.05) is 6.61 Å². The lowest BCUT2D eigenvalue weighted by molar-refractivity contribution is 0.0468. The zero-order valence-electron chi connectivity index (χ0n) is 13.7. The van der Waals surface area contributed by atoms with Crippen LogP contribution in [0.15, 0.2) is 47.8 Å². The van der Waals surface area contributed by atoms with Gasteiger partial charge in [-0.15, -0.1) is 11.3 Å². The van der Waals surface area contributed by atoms with Crippen LogP contribution in [0.25, 0.3) is 10.6 Å². The van der Waals surface area contributed by atoms with E-state index in [0.717, 1.165) is 23.3 Å². The fourth-order valence-electron chi connectivity index (χ4n) is 2.19. The molecule has 2 aromatic carbocycles. The Morgan fingerprint density at radius 1 is 1.12 bits per heavy atom. The molecule has 0 aliphatic carbocycles. The van der Waals surface area contributed by atoms with Gasteiger partial charge < -0.3 is 4.74 Å². The molecule has 1 heterocycles. The lowest BCUT2D eigenvalue weighted by Crippen LogP contribution is -2.15. The number of halogens is 2. The number of carbonyl (C=O) groups excluding carboxylic acids is 2. The predicted molar refractivity (Wildman–Crippen MR) is 93.3 cm³/mol. The molecule has 3 rings (SSSR count). The van der Waals surface area contributed by atoms with Crippen molar-refractivity contribution in [3.63, 3.8) is 0 Å². The van der Waals surface area contributed by atoms with Crippen molar-refractivity contribution in [3.8, 4) is 10.6 Å². The number of benzene rings is 2. The molecule has 0 spiro atoms. The normalized spacial score (nSPS) is 10.6. The van der Waals surface area contributed by atoms with E-state index in [1.54, 1.807) is 0 Å². The molecule has 0 atom stereocenters. The Balaban J connectivity index is 1.65. The number of thiazole rings is 1. The van der Waals surface area contributed by atoms with E-state index >= 15 is 0 Å². The van der Waals surface area contributed by atoms with Crippen LogP contribution >= 0.6 is 11.3 Å². The molecule has 0 amide bonds. The van der Waals surface area contributed by atoms with Crippen molar-refractivity contribution in [1.82, 2.24) is 4.98 Å². The summed E-state index contributed by atoms with van der Waals surface area (Å²) in [5.41, 5.74) is 1.70. The van der Waals surface area contributed by atoms with Crippen molar-refractivity contribution in [2.45, 2.75) is 6.92 Å². The molecule has 7 heteroatoms. The molecule has 26 heavy (non-hydrogen) atoms. The Morgan fingerprint density at radius 3 is 2.54 bits per heavy atom. The number of hydrogen-bond donors (Lipinski definition) is 0. The Labute approximate surface area is 152 Å². The number of rotatable bonds is 5. The van der Waals surface area contributed by atoms with E-state index in [9.17, 15) is 18.4 Å². The van der Waals surface area contributed by atoms with Crippen LogP contribution < -0.4 is 0 Å². The standard InChI is InChI=1S/C19H13F2NO3S/c1-11-2-4-12(5-3-11)18-22-16(10-26-18)19(24)25-9-17(23)14-7-6-13(20)8-15(14)21/h2-8,10H,9H2,1H3. The van der Waals surface area contributed by atoms with Gasteiger partial charge in [0.2, 0.25) is 5.78 Å². The number of Topliss-reactive ketones (excluding diaryl/α,β-unsaturated/α-hetero) is 1. The van der Waals surface area contributed by atoms with Crippen LogP contribution in [0.5, 0.6) is 0 Å².